The predicted molar refractivity (Wildman–Crippen MR) is 85.5 cm³/mol. The van der Waals surface area contributed by atoms with Crippen LogP contribution in [0, 0.1) is 5.82 Å². The lowest BCUT2D eigenvalue weighted by Gasteiger charge is -2.24. The molecule has 1 N–H and O–H groups in total. The minimum Gasteiger partial charge on any atom is -0.481 e. The number of hydrogen-bond acceptors (Lipinski definition) is 3. The van der Waals surface area contributed by atoms with Crippen molar-refractivity contribution in [3.63, 3.8) is 0 Å². The fourth-order valence-electron chi connectivity index (χ4n) is 2.68. The van der Waals surface area contributed by atoms with Crippen LogP contribution in [0.2, 0.25) is 0 Å². The molecule has 2 amide bonds. The number of carbonyl (C=O) groups is 2. The summed E-state index contributed by atoms with van der Waals surface area (Å²) >= 11 is 3.16. The molecule has 2 fully saturated rings. The van der Waals surface area contributed by atoms with Gasteiger partial charge in [0.1, 0.15) is 6.04 Å². The van der Waals surface area contributed by atoms with E-state index in [4.69, 9.17) is 4.74 Å². The number of rotatable bonds is 5. The average molecular weight is 385 g/mol. The minimum absolute atomic E-state index is 0.0275. The Hall–Kier alpha value is -1.63. The second-order valence-corrected chi connectivity index (χ2v) is 6.81. The molecule has 1 aromatic carbocycles. The molecule has 0 aromatic heterocycles. The monoisotopic (exact) mass is 384 g/mol. The maximum atomic E-state index is 13.7. The van der Waals surface area contributed by atoms with Crippen LogP contribution < -0.4 is 10.1 Å². The zero-order chi connectivity index (χ0) is 16.4. The van der Waals surface area contributed by atoms with Crippen molar-refractivity contribution in [1.29, 1.82) is 0 Å². The number of carbonyl (C=O) groups excluding carboxylic acids is 2. The third-order valence-corrected chi connectivity index (χ3v) is 4.54. The van der Waals surface area contributed by atoms with Gasteiger partial charge in [0.05, 0.1) is 0 Å². The van der Waals surface area contributed by atoms with Gasteiger partial charge in [0.2, 0.25) is 5.91 Å². The predicted octanol–water partition coefficient (Wildman–Crippen LogP) is 2.24. The highest BCUT2D eigenvalue weighted by molar-refractivity contribution is 9.10. The summed E-state index contributed by atoms with van der Waals surface area (Å²) in [6, 6.07) is 4.23. The van der Waals surface area contributed by atoms with Gasteiger partial charge in [-0.15, -0.1) is 0 Å². The molecule has 0 spiro atoms. The van der Waals surface area contributed by atoms with Gasteiger partial charge < -0.3 is 15.0 Å². The highest BCUT2D eigenvalue weighted by Gasteiger charge is 2.36. The molecule has 23 heavy (non-hydrogen) atoms. The number of likely N-dealkylation sites (tertiary alicyclic amines) is 1. The second kappa shape index (κ2) is 6.86. The van der Waals surface area contributed by atoms with Crippen molar-refractivity contribution in [3.05, 3.63) is 28.5 Å². The van der Waals surface area contributed by atoms with E-state index in [9.17, 15) is 14.0 Å². The van der Waals surface area contributed by atoms with Crippen molar-refractivity contribution in [2.75, 3.05) is 13.2 Å². The number of amides is 2. The molecular formula is C16H18BrFN2O3. The van der Waals surface area contributed by atoms with Gasteiger partial charge in [0.15, 0.2) is 18.2 Å². The first kappa shape index (κ1) is 16.2. The van der Waals surface area contributed by atoms with E-state index in [0.29, 0.717) is 17.4 Å². The average Bonchev–Trinajstić information content (AvgIpc) is 3.17. The molecule has 1 saturated carbocycles. The largest absolute Gasteiger partial charge is 0.481 e. The molecule has 124 valence electrons. The Morgan fingerprint density at radius 2 is 2.13 bits per heavy atom. The van der Waals surface area contributed by atoms with Crippen LogP contribution in [0.15, 0.2) is 22.7 Å². The number of ether oxygens (including phenoxy) is 1. The number of nitrogens with zero attached hydrogens (tertiary/aromatic N) is 1. The summed E-state index contributed by atoms with van der Waals surface area (Å²) in [5, 5.41) is 2.93. The SMILES string of the molecule is O=C(NC1CC1)C1CCCN1C(=O)COc1ccc(Br)cc1F. The maximum absolute atomic E-state index is 13.7. The molecule has 1 heterocycles. The van der Waals surface area contributed by atoms with Crippen molar-refractivity contribution in [2.24, 2.45) is 0 Å². The van der Waals surface area contributed by atoms with Gasteiger partial charge in [-0.25, -0.2) is 4.39 Å². The van der Waals surface area contributed by atoms with Crippen LogP contribution in [0.3, 0.4) is 0 Å². The molecule has 1 unspecified atom stereocenters. The van der Waals surface area contributed by atoms with Crippen LogP contribution in [-0.2, 0) is 9.59 Å². The van der Waals surface area contributed by atoms with Gasteiger partial charge in [0, 0.05) is 17.1 Å². The summed E-state index contributed by atoms with van der Waals surface area (Å²) in [7, 11) is 0. The Labute approximate surface area is 142 Å². The Morgan fingerprint density at radius 3 is 2.83 bits per heavy atom. The Balaban J connectivity index is 1.57. The highest BCUT2D eigenvalue weighted by Crippen LogP contribution is 2.24. The molecule has 0 bridgehead atoms. The zero-order valence-electron chi connectivity index (χ0n) is 12.6. The van der Waals surface area contributed by atoms with Crippen molar-refractivity contribution in [1.82, 2.24) is 10.2 Å². The van der Waals surface area contributed by atoms with E-state index in [0.717, 1.165) is 19.3 Å². The van der Waals surface area contributed by atoms with Crippen LogP contribution in [-0.4, -0.2) is 41.9 Å². The molecule has 1 saturated heterocycles. The number of nitrogens with one attached hydrogen (secondary N) is 1. The summed E-state index contributed by atoms with van der Waals surface area (Å²) in [5.41, 5.74) is 0. The molecule has 1 atom stereocenters. The fraction of sp³-hybridized carbons (Fsp3) is 0.500. The number of hydrogen-bond donors (Lipinski definition) is 1. The van der Waals surface area contributed by atoms with Gasteiger partial charge in [0.25, 0.3) is 5.91 Å². The van der Waals surface area contributed by atoms with Crippen LogP contribution in [0.1, 0.15) is 25.7 Å². The number of benzene rings is 1. The Bertz CT molecular complexity index is 621. The van der Waals surface area contributed by atoms with Gasteiger partial charge in [-0.2, -0.15) is 0 Å². The Kier molecular flexibility index (Phi) is 4.84. The standard InChI is InChI=1S/C16H18BrFN2O3/c17-10-3-6-14(12(18)8-10)23-9-15(21)20-7-1-2-13(20)16(22)19-11-4-5-11/h3,6,8,11,13H,1-2,4-5,7,9H2,(H,19,22). The van der Waals surface area contributed by atoms with E-state index in [-0.39, 0.29) is 30.2 Å². The van der Waals surface area contributed by atoms with Crippen molar-refractivity contribution >= 4 is 27.7 Å². The molecule has 3 rings (SSSR count). The lowest BCUT2D eigenvalue weighted by atomic mass is 10.2. The molecule has 1 aliphatic carbocycles. The van der Waals surface area contributed by atoms with E-state index in [1.807, 2.05) is 0 Å². The Morgan fingerprint density at radius 1 is 1.35 bits per heavy atom. The van der Waals surface area contributed by atoms with Gasteiger partial charge in [-0.3, -0.25) is 9.59 Å². The summed E-state index contributed by atoms with van der Waals surface area (Å²) in [4.78, 5) is 26.0. The highest BCUT2D eigenvalue weighted by atomic mass is 79.9. The van der Waals surface area contributed by atoms with E-state index in [1.54, 1.807) is 6.07 Å². The van der Waals surface area contributed by atoms with Crippen LogP contribution in [0.5, 0.6) is 5.75 Å². The summed E-state index contributed by atoms with van der Waals surface area (Å²) in [5.74, 6) is -0.884. The van der Waals surface area contributed by atoms with E-state index >= 15 is 0 Å². The van der Waals surface area contributed by atoms with Crippen LogP contribution >= 0.6 is 15.9 Å². The van der Waals surface area contributed by atoms with Gasteiger partial charge in [-0.1, -0.05) is 15.9 Å². The van der Waals surface area contributed by atoms with Crippen LogP contribution in [0.4, 0.5) is 4.39 Å². The minimum atomic E-state index is -0.531. The normalized spacial score (nSPS) is 20.4. The zero-order valence-corrected chi connectivity index (χ0v) is 14.1. The summed E-state index contributed by atoms with van der Waals surface area (Å²) in [6.45, 7) is 0.263. The van der Waals surface area contributed by atoms with E-state index in [2.05, 4.69) is 21.2 Å². The quantitative estimate of drug-likeness (QED) is 0.846. The van der Waals surface area contributed by atoms with Crippen LogP contribution in [0.25, 0.3) is 0 Å². The first-order valence-corrected chi connectivity index (χ1v) is 8.51. The van der Waals surface area contributed by atoms with Gasteiger partial charge >= 0.3 is 0 Å². The van der Waals surface area contributed by atoms with Crippen molar-refractivity contribution in [2.45, 2.75) is 37.8 Å². The molecule has 1 aromatic rings. The van der Waals surface area contributed by atoms with Crippen molar-refractivity contribution < 1.29 is 18.7 Å². The maximum Gasteiger partial charge on any atom is 0.261 e. The van der Waals surface area contributed by atoms with Gasteiger partial charge in [-0.05, 0) is 43.9 Å². The third-order valence-electron chi connectivity index (χ3n) is 4.04. The first-order valence-electron chi connectivity index (χ1n) is 7.72. The van der Waals surface area contributed by atoms with E-state index < -0.39 is 11.9 Å². The first-order chi connectivity index (χ1) is 11.0. The molecular weight excluding hydrogens is 367 g/mol. The molecule has 1 aliphatic heterocycles. The smallest absolute Gasteiger partial charge is 0.261 e. The molecule has 5 nitrogen and oxygen atoms in total. The van der Waals surface area contributed by atoms with Crippen molar-refractivity contribution in [3.8, 4) is 5.75 Å². The third kappa shape index (κ3) is 4.02. The summed E-state index contributed by atoms with van der Waals surface area (Å²) < 4.78 is 19.6. The molecule has 0 radical (unpaired) electrons. The fourth-order valence-corrected chi connectivity index (χ4v) is 3.01. The lowest BCUT2D eigenvalue weighted by molar-refractivity contribution is -0.140. The molecule has 2 aliphatic rings. The second-order valence-electron chi connectivity index (χ2n) is 5.89. The van der Waals surface area contributed by atoms with E-state index in [1.165, 1.54) is 17.0 Å². The molecule has 7 heteroatoms. The lowest BCUT2D eigenvalue weighted by Crippen LogP contribution is -2.47. The number of halogens is 2. The topological polar surface area (TPSA) is 58.6 Å². The summed E-state index contributed by atoms with van der Waals surface area (Å²) in [6.07, 6.45) is 3.48.